The molecule has 1 unspecified atom stereocenters. The Morgan fingerprint density at radius 3 is 2.73 bits per heavy atom. The molecule has 1 N–H and O–H groups in total. The minimum absolute atomic E-state index is 0.779. The highest BCUT2D eigenvalue weighted by Crippen LogP contribution is 2.07. The zero-order valence-electron chi connectivity index (χ0n) is 10.00. The molecule has 1 fully saturated rings. The van der Waals surface area contributed by atoms with Crippen molar-refractivity contribution in [1.82, 2.24) is 10.2 Å². The smallest absolute Gasteiger partial charge is 0.0594 e. The molecule has 1 heterocycles. The van der Waals surface area contributed by atoms with Crippen molar-refractivity contribution in [3.05, 3.63) is 0 Å². The third-order valence-corrected chi connectivity index (χ3v) is 3.88. The van der Waals surface area contributed by atoms with Crippen LogP contribution in [0.2, 0.25) is 0 Å². The molecule has 0 aromatic heterocycles. The van der Waals surface area contributed by atoms with Crippen LogP contribution < -0.4 is 5.32 Å². The fraction of sp³-hybridized carbons (Fsp3) is 1.00. The van der Waals surface area contributed by atoms with Crippen LogP contribution in [0.25, 0.3) is 0 Å². The van der Waals surface area contributed by atoms with Gasteiger partial charge in [0.2, 0.25) is 0 Å². The first-order valence-electron chi connectivity index (χ1n) is 5.86. The van der Waals surface area contributed by atoms with Crippen LogP contribution in [-0.4, -0.2) is 62.3 Å². The molecule has 3 nitrogen and oxygen atoms in total. The van der Waals surface area contributed by atoms with Gasteiger partial charge in [-0.2, -0.15) is 11.8 Å². The van der Waals surface area contributed by atoms with Crippen molar-refractivity contribution in [2.24, 2.45) is 0 Å². The van der Waals surface area contributed by atoms with E-state index < -0.39 is 0 Å². The van der Waals surface area contributed by atoms with Gasteiger partial charge in [0.05, 0.1) is 13.2 Å². The molecule has 15 heavy (non-hydrogen) atoms. The van der Waals surface area contributed by atoms with Crippen LogP contribution in [0.4, 0.5) is 0 Å². The van der Waals surface area contributed by atoms with Crippen molar-refractivity contribution >= 4 is 11.8 Å². The highest BCUT2D eigenvalue weighted by molar-refractivity contribution is 7.99. The number of ether oxygens (including phenoxy) is 1. The highest BCUT2D eigenvalue weighted by atomic mass is 32.2. The van der Waals surface area contributed by atoms with Gasteiger partial charge in [-0.3, -0.25) is 4.90 Å². The van der Waals surface area contributed by atoms with Crippen LogP contribution >= 0.6 is 11.8 Å². The van der Waals surface area contributed by atoms with Crippen LogP contribution in [0.15, 0.2) is 0 Å². The molecule has 0 amide bonds. The van der Waals surface area contributed by atoms with Crippen molar-refractivity contribution in [2.75, 3.05) is 52.2 Å². The van der Waals surface area contributed by atoms with E-state index in [1.807, 2.05) is 11.8 Å². The summed E-state index contributed by atoms with van der Waals surface area (Å²) in [6.07, 6.45) is 3.45. The van der Waals surface area contributed by atoms with Gasteiger partial charge in [0.25, 0.3) is 0 Å². The molecule has 1 aliphatic heterocycles. The number of thioether (sulfide) groups is 1. The molecular formula is C11H24N2OS. The molecule has 0 aromatic carbocycles. The molecular weight excluding hydrogens is 208 g/mol. The van der Waals surface area contributed by atoms with Gasteiger partial charge in [-0.15, -0.1) is 0 Å². The topological polar surface area (TPSA) is 24.5 Å². The highest BCUT2D eigenvalue weighted by Gasteiger charge is 2.08. The largest absolute Gasteiger partial charge is 0.379 e. The molecule has 0 spiro atoms. The Bertz CT molecular complexity index is 152. The van der Waals surface area contributed by atoms with Crippen molar-refractivity contribution in [2.45, 2.75) is 18.6 Å². The minimum atomic E-state index is 0.779. The Morgan fingerprint density at radius 1 is 1.33 bits per heavy atom. The van der Waals surface area contributed by atoms with Crippen LogP contribution in [0.1, 0.15) is 13.3 Å². The molecule has 4 heteroatoms. The second kappa shape index (κ2) is 8.39. The van der Waals surface area contributed by atoms with E-state index in [1.54, 1.807) is 0 Å². The Morgan fingerprint density at radius 2 is 2.07 bits per heavy atom. The van der Waals surface area contributed by atoms with E-state index in [0.717, 1.165) is 51.2 Å². The first-order valence-corrected chi connectivity index (χ1v) is 7.15. The summed E-state index contributed by atoms with van der Waals surface area (Å²) in [5.41, 5.74) is 0. The fourth-order valence-corrected chi connectivity index (χ4v) is 1.96. The van der Waals surface area contributed by atoms with E-state index in [2.05, 4.69) is 23.4 Å². The van der Waals surface area contributed by atoms with Crippen molar-refractivity contribution in [1.29, 1.82) is 0 Å². The molecule has 0 aromatic rings. The number of rotatable bonds is 7. The van der Waals surface area contributed by atoms with Gasteiger partial charge in [0, 0.05) is 31.4 Å². The van der Waals surface area contributed by atoms with E-state index in [-0.39, 0.29) is 0 Å². The maximum Gasteiger partial charge on any atom is 0.0594 e. The van der Waals surface area contributed by atoms with E-state index in [0.29, 0.717) is 0 Å². The van der Waals surface area contributed by atoms with Gasteiger partial charge in [0.1, 0.15) is 0 Å². The lowest BCUT2D eigenvalue weighted by atomic mass is 10.3. The van der Waals surface area contributed by atoms with E-state index in [9.17, 15) is 0 Å². The predicted octanol–water partition coefficient (Wildman–Crippen LogP) is 1.05. The maximum atomic E-state index is 5.31. The summed E-state index contributed by atoms with van der Waals surface area (Å²) in [4.78, 5) is 2.47. The third-order valence-electron chi connectivity index (χ3n) is 2.84. The summed E-state index contributed by atoms with van der Waals surface area (Å²) in [6.45, 7) is 9.72. The summed E-state index contributed by atoms with van der Waals surface area (Å²) in [7, 11) is 0. The number of nitrogens with one attached hydrogen (secondary N) is 1. The summed E-state index contributed by atoms with van der Waals surface area (Å²) in [6, 6.07) is 0. The van der Waals surface area contributed by atoms with Gasteiger partial charge >= 0.3 is 0 Å². The predicted molar refractivity (Wildman–Crippen MR) is 67.7 cm³/mol. The maximum absolute atomic E-state index is 5.31. The zero-order valence-corrected chi connectivity index (χ0v) is 10.8. The van der Waals surface area contributed by atoms with E-state index >= 15 is 0 Å². The molecule has 1 rings (SSSR count). The van der Waals surface area contributed by atoms with Crippen LogP contribution in [-0.2, 0) is 4.74 Å². The average Bonchev–Trinajstić information content (AvgIpc) is 2.29. The van der Waals surface area contributed by atoms with Crippen LogP contribution in [0, 0.1) is 0 Å². The molecule has 0 radical (unpaired) electrons. The number of hydrogen-bond acceptors (Lipinski definition) is 4. The molecule has 90 valence electrons. The lowest BCUT2D eigenvalue weighted by Crippen LogP contribution is -2.40. The Hall–Kier alpha value is 0.230. The molecule has 0 saturated carbocycles. The van der Waals surface area contributed by atoms with Crippen molar-refractivity contribution < 1.29 is 4.74 Å². The van der Waals surface area contributed by atoms with Gasteiger partial charge in [0.15, 0.2) is 0 Å². The SMILES string of the molecule is CSC(C)CCNCCN1CCOCC1. The zero-order chi connectivity index (χ0) is 10.9. The third kappa shape index (κ3) is 6.40. The van der Waals surface area contributed by atoms with Gasteiger partial charge in [-0.25, -0.2) is 0 Å². The minimum Gasteiger partial charge on any atom is -0.379 e. The Labute approximate surface area is 97.9 Å². The Balaban J connectivity index is 1.87. The molecule has 0 aliphatic carbocycles. The van der Waals surface area contributed by atoms with E-state index in [1.165, 1.54) is 6.42 Å². The molecule has 0 bridgehead atoms. The second-order valence-electron chi connectivity index (χ2n) is 4.04. The number of morpholine rings is 1. The quantitative estimate of drug-likeness (QED) is 0.663. The normalized spacial score (nSPS) is 20.4. The standard InChI is InChI=1S/C11H24N2OS/c1-11(15-2)3-4-12-5-6-13-7-9-14-10-8-13/h11-12H,3-10H2,1-2H3. The lowest BCUT2D eigenvalue weighted by Gasteiger charge is -2.26. The number of hydrogen-bond donors (Lipinski definition) is 1. The lowest BCUT2D eigenvalue weighted by molar-refractivity contribution is 0.0384. The van der Waals surface area contributed by atoms with Crippen LogP contribution in [0.5, 0.6) is 0 Å². The molecule has 1 saturated heterocycles. The second-order valence-corrected chi connectivity index (χ2v) is 5.32. The summed E-state index contributed by atoms with van der Waals surface area (Å²) in [5, 5.41) is 4.28. The summed E-state index contributed by atoms with van der Waals surface area (Å²) >= 11 is 1.94. The van der Waals surface area contributed by atoms with Gasteiger partial charge < -0.3 is 10.1 Å². The summed E-state index contributed by atoms with van der Waals surface area (Å²) < 4.78 is 5.31. The summed E-state index contributed by atoms with van der Waals surface area (Å²) in [5.74, 6) is 0. The van der Waals surface area contributed by atoms with Gasteiger partial charge in [-0.05, 0) is 19.2 Å². The van der Waals surface area contributed by atoms with Gasteiger partial charge in [-0.1, -0.05) is 6.92 Å². The van der Waals surface area contributed by atoms with E-state index in [4.69, 9.17) is 4.74 Å². The van der Waals surface area contributed by atoms with Crippen molar-refractivity contribution in [3.8, 4) is 0 Å². The molecule has 1 aliphatic rings. The Kier molecular flexibility index (Phi) is 7.44. The van der Waals surface area contributed by atoms with Crippen LogP contribution in [0.3, 0.4) is 0 Å². The first-order chi connectivity index (χ1) is 7.33. The first kappa shape index (κ1) is 13.3. The number of nitrogens with zero attached hydrogens (tertiary/aromatic N) is 1. The fourth-order valence-electron chi connectivity index (χ4n) is 1.61. The molecule has 1 atom stereocenters. The van der Waals surface area contributed by atoms with Crippen molar-refractivity contribution in [3.63, 3.8) is 0 Å². The average molecular weight is 232 g/mol. The monoisotopic (exact) mass is 232 g/mol.